The van der Waals surface area contributed by atoms with E-state index < -0.39 is 22.9 Å². The first-order chi connectivity index (χ1) is 12.6. The molecule has 130 valence electrons. The highest BCUT2D eigenvalue weighted by Gasteiger charge is 2.42. The molecule has 2 amide bonds. The summed E-state index contributed by atoms with van der Waals surface area (Å²) in [5.41, 5.74) is 0.717. The number of aromatic nitrogens is 2. The minimum absolute atomic E-state index is 0.0406. The normalized spacial score (nSPS) is 17.1. The molecule has 0 bridgehead atoms. The van der Waals surface area contributed by atoms with E-state index in [4.69, 9.17) is 4.42 Å². The van der Waals surface area contributed by atoms with Crippen molar-refractivity contribution < 1.29 is 18.4 Å². The van der Waals surface area contributed by atoms with E-state index in [1.54, 1.807) is 6.07 Å². The average molecular weight is 369 g/mol. The number of carbonyl (C=O) groups excluding carboxylic acids is 2. The van der Waals surface area contributed by atoms with E-state index in [1.807, 2.05) is 30.3 Å². The van der Waals surface area contributed by atoms with Crippen molar-refractivity contribution >= 4 is 29.3 Å². The van der Waals surface area contributed by atoms with Crippen LogP contribution in [0.3, 0.4) is 0 Å². The minimum Gasteiger partial charge on any atom is -0.411 e. The zero-order valence-corrected chi connectivity index (χ0v) is 14.1. The van der Waals surface area contributed by atoms with E-state index in [0.29, 0.717) is 5.89 Å². The number of para-hydroxylation sites is 1. The number of anilines is 1. The molecule has 2 heterocycles. The van der Waals surface area contributed by atoms with Gasteiger partial charge in [0.1, 0.15) is 11.1 Å². The van der Waals surface area contributed by atoms with Crippen LogP contribution in [0.5, 0.6) is 0 Å². The van der Waals surface area contributed by atoms with Crippen LogP contribution < -0.4 is 4.90 Å². The zero-order valence-electron chi connectivity index (χ0n) is 13.3. The van der Waals surface area contributed by atoms with Gasteiger partial charge in [0.25, 0.3) is 5.22 Å². The lowest BCUT2D eigenvalue weighted by atomic mass is 10.2. The molecule has 1 unspecified atom stereocenters. The van der Waals surface area contributed by atoms with Crippen molar-refractivity contribution in [1.82, 2.24) is 10.2 Å². The van der Waals surface area contributed by atoms with E-state index in [1.165, 1.54) is 18.2 Å². The van der Waals surface area contributed by atoms with Gasteiger partial charge in [0.05, 0.1) is 5.69 Å². The van der Waals surface area contributed by atoms with Gasteiger partial charge in [-0.1, -0.05) is 42.1 Å². The van der Waals surface area contributed by atoms with Gasteiger partial charge >= 0.3 is 0 Å². The summed E-state index contributed by atoms with van der Waals surface area (Å²) in [6.45, 7) is 0. The Morgan fingerprint density at radius 3 is 2.54 bits per heavy atom. The van der Waals surface area contributed by atoms with Gasteiger partial charge in [-0.3, -0.25) is 9.59 Å². The minimum atomic E-state index is -0.730. The molecule has 1 aliphatic rings. The predicted octanol–water partition coefficient (Wildman–Crippen LogP) is 3.30. The van der Waals surface area contributed by atoms with Gasteiger partial charge in [0.2, 0.25) is 17.7 Å². The van der Waals surface area contributed by atoms with Gasteiger partial charge in [-0.25, -0.2) is 9.29 Å². The first kappa shape index (κ1) is 16.5. The van der Waals surface area contributed by atoms with Crippen molar-refractivity contribution in [3.05, 3.63) is 60.4 Å². The molecule has 1 aliphatic heterocycles. The van der Waals surface area contributed by atoms with E-state index in [2.05, 4.69) is 10.2 Å². The van der Waals surface area contributed by atoms with Crippen LogP contribution in [0.2, 0.25) is 0 Å². The van der Waals surface area contributed by atoms with E-state index in [0.717, 1.165) is 22.2 Å². The Balaban J connectivity index is 1.53. The maximum atomic E-state index is 13.9. The number of carbonyl (C=O) groups is 2. The molecule has 26 heavy (non-hydrogen) atoms. The topological polar surface area (TPSA) is 76.3 Å². The highest BCUT2D eigenvalue weighted by molar-refractivity contribution is 8.00. The fourth-order valence-electron chi connectivity index (χ4n) is 2.66. The molecule has 8 heteroatoms. The number of amides is 2. The number of rotatable bonds is 4. The van der Waals surface area contributed by atoms with Crippen LogP contribution in [0.4, 0.5) is 10.1 Å². The Labute approximate surface area is 152 Å². The smallest absolute Gasteiger partial charge is 0.277 e. The van der Waals surface area contributed by atoms with Crippen LogP contribution in [-0.2, 0) is 9.59 Å². The quantitative estimate of drug-likeness (QED) is 0.657. The van der Waals surface area contributed by atoms with Gasteiger partial charge in [0.15, 0.2) is 0 Å². The van der Waals surface area contributed by atoms with Crippen molar-refractivity contribution in [1.29, 1.82) is 0 Å². The summed E-state index contributed by atoms with van der Waals surface area (Å²) >= 11 is 1.01. The van der Waals surface area contributed by atoms with Crippen LogP contribution in [0.1, 0.15) is 6.42 Å². The van der Waals surface area contributed by atoms with Crippen LogP contribution >= 0.6 is 11.8 Å². The summed E-state index contributed by atoms with van der Waals surface area (Å²) < 4.78 is 19.5. The van der Waals surface area contributed by atoms with Gasteiger partial charge in [-0.15, -0.1) is 10.2 Å². The Kier molecular flexibility index (Phi) is 4.26. The van der Waals surface area contributed by atoms with Crippen LogP contribution in [0, 0.1) is 5.82 Å². The molecular weight excluding hydrogens is 357 g/mol. The molecule has 4 rings (SSSR count). The standard InChI is InChI=1S/C18H12FN3O3S/c19-12-8-4-5-9-13(12)22-15(23)10-14(17(22)24)26-18-21-20-16(25-18)11-6-2-1-3-7-11/h1-9,14H,10H2. The summed E-state index contributed by atoms with van der Waals surface area (Å²) in [4.78, 5) is 25.7. The molecule has 0 saturated carbocycles. The monoisotopic (exact) mass is 369 g/mol. The first-order valence-electron chi connectivity index (χ1n) is 7.80. The molecule has 2 aromatic carbocycles. The lowest BCUT2D eigenvalue weighted by Crippen LogP contribution is -2.31. The largest absolute Gasteiger partial charge is 0.411 e. The maximum Gasteiger partial charge on any atom is 0.277 e. The molecule has 0 N–H and O–H groups in total. The van der Waals surface area contributed by atoms with Crippen molar-refractivity contribution in [3.63, 3.8) is 0 Å². The van der Waals surface area contributed by atoms with Crippen LogP contribution in [0.15, 0.2) is 64.2 Å². The number of hydrogen-bond donors (Lipinski definition) is 0. The fourth-order valence-corrected chi connectivity index (χ4v) is 3.55. The molecule has 3 aromatic rings. The maximum absolute atomic E-state index is 13.9. The number of imide groups is 1. The van der Waals surface area contributed by atoms with Crippen molar-refractivity contribution in [2.75, 3.05) is 4.90 Å². The molecule has 1 atom stereocenters. The number of nitrogens with zero attached hydrogens (tertiary/aromatic N) is 3. The summed E-state index contributed by atoms with van der Waals surface area (Å²) in [7, 11) is 0. The van der Waals surface area contributed by atoms with Crippen LogP contribution in [-0.4, -0.2) is 27.3 Å². The third kappa shape index (κ3) is 2.99. The number of benzene rings is 2. The summed E-state index contributed by atoms with van der Waals surface area (Å²) in [5.74, 6) is -1.25. The molecule has 1 fully saturated rings. The lowest BCUT2D eigenvalue weighted by Gasteiger charge is -2.14. The number of halogens is 1. The van der Waals surface area contributed by atoms with Gasteiger partial charge in [-0.2, -0.15) is 0 Å². The second kappa shape index (κ2) is 6.72. The molecule has 6 nitrogen and oxygen atoms in total. The number of hydrogen-bond acceptors (Lipinski definition) is 6. The Hall–Kier alpha value is -3.00. The second-order valence-electron chi connectivity index (χ2n) is 5.57. The second-order valence-corrected chi connectivity index (χ2v) is 6.72. The third-order valence-corrected chi connectivity index (χ3v) is 4.89. The van der Waals surface area contributed by atoms with Gasteiger partial charge < -0.3 is 4.42 Å². The van der Waals surface area contributed by atoms with E-state index in [-0.39, 0.29) is 17.3 Å². The summed E-state index contributed by atoms with van der Waals surface area (Å²) in [5, 5.41) is 7.33. The Morgan fingerprint density at radius 2 is 1.77 bits per heavy atom. The van der Waals surface area contributed by atoms with Crippen molar-refractivity contribution in [2.45, 2.75) is 16.9 Å². The summed E-state index contributed by atoms with van der Waals surface area (Å²) in [6, 6.07) is 14.9. The van der Waals surface area contributed by atoms with E-state index >= 15 is 0 Å². The highest BCUT2D eigenvalue weighted by Crippen LogP contribution is 2.35. The first-order valence-corrected chi connectivity index (χ1v) is 8.68. The average Bonchev–Trinajstić information content (AvgIpc) is 3.22. The number of thioether (sulfide) groups is 1. The Morgan fingerprint density at radius 1 is 1.04 bits per heavy atom. The van der Waals surface area contributed by atoms with Crippen LogP contribution in [0.25, 0.3) is 11.5 Å². The van der Waals surface area contributed by atoms with Gasteiger partial charge in [-0.05, 0) is 24.3 Å². The zero-order chi connectivity index (χ0) is 18.1. The van der Waals surface area contributed by atoms with E-state index in [9.17, 15) is 14.0 Å². The predicted molar refractivity (Wildman–Crippen MR) is 92.9 cm³/mol. The molecule has 1 aromatic heterocycles. The molecule has 0 radical (unpaired) electrons. The molecule has 0 spiro atoms. The third-order valence-electron chi connectivity index (χ3n) is 3.87. The Bertz CT molecular complexity index is 977. The highest BCUT2D eigenvalue weighted by atomic mass is 32.2. The van der Waals surface area contributed by atoms with Crippen molar-refractivity contribution in [2.24, 2.45) is 0 Å². The van der Waals surface area contributed by atoms with Gasteiger partial charge in [0, 0.05) is 12.0 Å². The lowest BCUT2D eigenvalue weighted by molar-refractivity contribution is -0.121. The molecular formula is C18H12FN3O3S. The van der Waals surface area contributed by atoms with Crippen molar-refractivity contribution in [3.8, 4) is 11.5 Å². The molecule has 0 aliphatic carbocycles. The fraction of sp³-hybridized carbons (Fsp3) is 0.111. The molecule has 1 saturated heterocycles. The summed E-state index contributed by atoms with van der Waals surface area (Å²) in [6.07, 6.45) is -0.0547. The SMILES string of the molecule is O=C1CC(Sc2nnc(-c3ccccc3)o2)C(=O)N1c1ccccc1F.